The van der Waals surface area contributed by atoms with Crippen molar-refractivity contribution in [3.05, 3.63) is 41.7 Å². The van der Waals surface area contributed by atoms with Crippen molar-refractivity contribution < 1.29 is 14.4 Å². The molecule has 2 aliphatic rings. The Bertz CT molecular complexity index is 1030. The summed E-state index contributed by atoms with van der Waals surface area (Å²) in [5, 5.41) is 5.99. The maximum Gasteiger partial charge on any atom is 0.255 e. The number of rotatable bonds is 6. The Balaban J connectivity index is 1.40. The average molecular weight is 468 g/mol. The molecule has 2 N–H and O–H groups in total. The third-order valence-corrected chi connectivity index (χ3v) is 7.37. The highest BCUT2D eigenvalue weighted by Crippen LogP contribution is 2.28. The summed E-state index contributed by atoms with van der Waals surface area (Å²) >= 11 is 0. The van der Waals surface area contributed by atoms with Gasteiger partial charge in [0.25, 0.3) is 5.91 Å². The number of aryl methyl sites for hydroxylation is 1. The van der Waals surface area contributed by atoms with Crippen LogP contribution in [0.2, 0.25) is 0 Å². The Hall–Kier alpha value is -2.87. The van der Waals surface area contributed by atoms with Crippen LogP contribution in [-0.4, -0.2) is 77.2 Å². The van der Waals surface area contributed by atoms with Crippen LogP contribution in [0.1, 0.15) is 54.9 Å². The minimum absolute atomic E-state index is 0.0136. The van der Waals surface area contributed by atoms with Crippen molar-refractivity contribution in [2.24, 2.45) is 5.92 Å². The largest absolute Gasteiger partial charge is 0.343 e. The second-order valence-corrected chi connectivity index (χ2v) is 9.78. The molecule has 3 amide bonds. The number of hydrogen-bond donors (Lipinski definition) is 2. The molecule has 3 heterocycles. The highest BCUT2D eigenvalue weighted by atomic mass is 16.2. The molecule has 0 bridgehead atoms. The van der Waals surface area contributed by atoms with Gasteiger partial charge in [-0.05, 0) is 63.4 Å². The van der Waals surface area contributed by atoms with Crippen LogP contribution in [0.4, 0.5) is 0 Å². The van der Waals surface area contributed by atoms with E-state index in [-0.39, 0.29) is 29.7 Å². The molecule has 8 nitrogen and oxygen atoms in total. The Morgan fingerprint density at radius 1 is 0.971 bits per heavy atom. The van der Waals surface area contributed by atoms with Gasteiger partial charge in [-0.2, -0.15) is 0 Å². The monoisotopic (exact) mass is 467 g/mol. The first kappa shape index (κ1) is 24.3. The molecule has 0 radical (unpaired) electrons. The van der Waals surface area contributed by atoms with Crippen molar-refractivity contribution in [1.82, 2.24) is 24.8 Å². The van der Waals surface area contributed by atoms with Gasteiger partial charge in [-0.25, -0.2) is 0 Å². The van der Waals surface area contributed by atoms with Crippen LogP contribution in [0.15, 0.2) is 30.6 Å². The van der Waals surface area contributed by atoms with Crippen LogP contribution in [0.3, 0.4) is 0 Å². The van der Waals surface area contributed by atoms with Crippen molar-refractivity contribution in [2.75, 3.05) is 33.2 Å². The van der Waals surface area contributed by atoms with Gasteiger partial charge in [0, 0.05) is 44.1 Å². The van der Waals surface area contributed by atoms with Gasteiger partial charge < -0.3 is 24.8 Å². The minimum Gasteiger partial charge on any atom is -0.343 e. The lowest BCUT2D eigenvalue weighted by molar-refractivity contribution is -0.140. The molecule has 1 aliphatic heterocycles. The SMILES string of the molecule is CN[C@@H](C)C(=O)NC(C(=O)N1CCN(C(=O)c2ccc3cc(C)cn3c2)CC1)C1CCCCC1. The van der Waals surface area contributed by atoms with Gasteiger partial charge in [-0.1, -0.05) is 19.3 Å². The number of carbonyl (C=O) groups is 3. The van der Waals surface area contributed by atoms with Gasteiger partial charge in [0.2, 0.25) is 11.8 Å². The van der Waals surface area contributed by atoms with Crippen LogP contribution in [0, 0.1) is 12.8 Å². The maximum absolute atomic E-state index is 13.5. The second kappa shape index (κ2) is 10.6. The fourth-order valence-corrected chi connectivity index (χ4v) is 5.15. The van der Waals surface area contributed by atoms with E-state index >= 15 is 0 Å². The number of piperazine rings is 1. The molecule has 2 atom stereocenters. The number of nitrogens with one attached hydrogen (secondary N) is 2. The van der Waals surface area contributed by atoms with Crippen molar-refractivity contribution in [1.29, 1.82) is 0 Å². The van der Waals surface area contributed by atoms with Crippen molar-refractivity contribution in [3.8, 4) is 0 Å². The second-order valence-electron chi connectivity index (χ2n) is 9.78. The Kier molecular flexibility index (Phi) is 7.56. The Morgan fingerprint density at radius 2 is 1.65 bits per heavy atom. The van der Waals surface area contributed by atoms with Gasteiger partial charge >= 0.3 is 0 Å². The first-order valence-electron chi connectivity index (χ1n) is 12.5. The molecule has 1 unspecified atom stereocenters. The number of pyridine rings is 1. The van der Waals surface area contributed by atoms with E-state index in [1.165, 1.54) is 6.42 Å². The molecule has 2 fully saturated rings. The van der Waals surface area contributed by atoms with Gasteiger partial charge in [-0.15, -0.1) is 0 Å². The molecule has 0 spiro atoms. The maximum atomic E-state index is 13.5. The van der Waals surface area contributed by atoms with E-state index in [1.54, 1.807) is 14.0 Å². The zero-order valence-electron chi connectivity index (χ0n) is 20.5. The summed E-state index contributed by atoms with van der Waals surface area (Å²) in [4.78, 5) is 42.9. The number of amides is 3. The first-order valence-corrected chi connectivity index (χ1v) is 12.5. The molecule has 4 rings (SSSR count). The van der Waals surface area contributed by atoms with Gasteiger partial charge in [-0.3, -0.25) is 14.4 Å². The molecule has 1 saturated heterocycles. The summed E-state index contributed by atoms with van der Waals surface area (Å²) in [7, 11) is 1.74. The molecule has 2 aromatic rings. The van der Waals surface area contributed by atoms with Gasteiger partial charge in [0.05, 0.1) is 11.6 Å². The van der Waals surface area contributed by atoms with Crippen molar-refractivity contribution in [2.45, 2.75) is 58.0 Å². The van der Waals surface area contributed by atoms with Crippen LogP contribution < -0.4 is 10.6 Å². The standard InChI is InChI=1S/C26H37N5O3/c1-18-15-22-10-9-21(17-31(22)16-18)25(33)29-11-13-30(14-12-29)26(34)23(20-7-5-4-6-8-20)28-24(32)19(2)27-3/h9-10,15-17,19-20,23,27H,4-8,11-14H2,1-3H3,(H,28,32)/t19-,23?/m0/s1. The summed E-state index contributed by atoms with van der Waals surface area (Å²) in [6, 6.07) is 5.06. The Labute approximate surface area is 201 Å². The van der Waals surface area contributed by atoms with E-state index in [4.69, 9.17) is 0 Å². The van der Waals surface area contributed by atoms with Crippen LogP contribution in [0.5, 0.6) is 0 Å². The van der Waals surface area contributed by atoms with E-state index in [0.717, 1.165) is 36.8 Å². The van der Waals surface area contributed by atoms with E-state index in [9.17, 15) is 14.4 Å². The fraction of sp³-hybridized carbons (Fsp3) is 0.577. The van der Waals surface area contributed by atoms with E-state index in [2.05, 4.69) is 16.7 Å². The van der Waals surface area contributed by atoms with Crippen LogP contribution in [0.25, 0.3) is 5.52 Å². The topological polar surface area (TPSA) is 86.2 Å². The lowest BCUT2D eigenvalue weighted by Gasteiger charge is -2.39. The first-order chi connectivity index (χ1) is 16.4. The van der Waals surface area contributed by atoms with E-state index < -0.39 is 6.04 Å². The number of likely N-dealkylation sites (N-methyl/N-ethyl adjacent to an activating group) is 1. The smallest absolute Gasteiger partial charge is 0.255 e. The van der Waals surface area contributed by atoms with Crippen LogP contribution >= 0.6 is 0 Å². The summed E-state index contributed by atoms with van der Waals surface area (Å²) in [6.07, 6.45) is 9.19. The van der Waals surface area contributed by atoms with Gasteiger partial charge in [0.1, 0.15) is 6.04 Å². The molecular weight excluding hydrogens is 430 g/mol. The summed E-state index contributed by atoms with van der Waals surface area (Å²) in [6.45, 7) is 5.78. The van der Waals surface area contributed by atoms with E-state index in [1.807, 2.05) is 45.7 Å². The number of aromatic nitrogens is 1. The predicted octanol–water partition coefficient (Wildman–Crippen LogP) is 2.21. The van der Waals surface area contributed by atoms with Crippen molar-refractivity contribution in [3.63, 3.8) is 0 Å². The molecule has 184 valence electrons. The predicted molar refractivity (Wildman–Crippen MR) is 132 cm³/mol. The van der Waals surface area contributed by atoms with E-state index in [0.29, 0.717) is 31.7 Å². The molecule has 34 heavy (non-hydrogen) atoms. The zero-order valence-corrected chi connectivity index (χ0v) is 20.5. The third-order valence-electron chi connectivity index (χ3n) is 7.37. The summed E-state index contributed by atoms with van der Waals surface area (Å²) in [5.74, 6) is 0.00164. The minimum atomic E-state index is -0.495. The number of fused-ring (bicyclic) bond motifs is 1. The molecular formula is C26H37N5O3. The number of carbonyl (C=O) groups excluding carboxylic acids is 3. The van der Waals surface area contributed by atoms with Gasteiger partial charge in [0.15, 0.2) is 0 Å². The summed E-state index contributed by atoms with van der Waals surface area (Å²) < 4.78 is 1.98. The molecule has 8 heteroatoms. The molecule has 2 aromatic heterocycles. The van der Waals surface area contributed by atoms with Crippen LogP contribution in [-0.2, 0) is 9.59 Å². The summed E-state index contributed by atoms with van der Waals surface area (Å²) in [5.41, 5.74) is 2.87. The lowest BCUT2D eigenvalue weighted by atomic mass is 9.83. The molecule has 0 aromatic carbocycles. The molecule has 1 aliphatic carbocycles. The highest BCUT2D eigenvalue weighted by molar-refractivity contribution is 5.95. The number of hydrogen-bond acceptors (Lipinski definition) is 4. The fourth-order valence-electron chi connectivity index (χ4n) is 5.15. The average Bonchev–Trinajstić information content (AvgIpc) is 3.25. The highest BCUT2D eigenvalue weighted by Gasteiger charge is 2.36. The van der Waals surface area contributed by atoms with Crippen molar-refractivity contribution >= 4 is 23.2 Å². The lowest BCUT2D eigenvalue weighted by Crippen LogP contribution is -2.59. The third kappa shape index (κ3) is 5.27. The normalized spacial score (nSPS) is 19.1. The zero-order chi connectivity index (χ0) is 24.2. The Morgan fingerprint density at radius 3 is 2.32 bits per heavy atom. The molecule has 1 saturated carbocycles. The quantitative estimate of drug-likeness (QED) is 0.682. The number of nitrogens with zero attached hydrogens (tertiary/aromatic N) is 3.